The van der Waals surface area contributed by atoms with Crippen LogP contribution in [-0.4, -0.2) is 4.98 Å². The highest BCUT2D eigenvalue weighted by Gasteiger charge is 2.37. The van der Waals surface area contributed by atoms with Crippen LogP contribution in [0, 0.1) is 10.8 Å². The molecule has 0 radical (unpaired) electrons. The van der Waals surface area contributed by atoms with Crippen LogP contribution in [0.15, 0.2) is 30.5 Å². The van der Waals surface area contributed by atoms with Gasteiger partial charge in [-0.05, 0) is 28.4 Å². The minimum Gasteiger partial charge on any atom is -0.361 e. The van der Waals surface area contributed by atoms with Gasteiger partial charge in [0.15, 0.2) is 0 Å². The van der Waals surface area contributed by atoms with E-state index in [4.69, 9.17) is 0 Å². The molecule has 0 spiro atoms. The first-order valence-electron chi connectivity index (χ1n) is 6.77. The van der Waals surface area contributed by atoms with Gasteiger partial charge < -0.3 is 4.98 Å². The van der Waals surface area contributed by atoms with Gasteiger partial charge in [0, 0.05) is 17.1 Å². The van der Waals surface area contributed by atoms with Crippen LogP contribution in [0.3, 0.4) is 0 Å². The van der Waals surface area contributed by atoms with E-state index in [-0.39, 0.29) is 10.8 Å². The first-order chi connectivity index (χ1) is 8.21. The number of hydrogen-bond donors (Lipinski definition) is 1. The Kier molecular flexibility index (Phi) is 3.04. The van der Waals surface area contributed by atoms with E-state index in [0.29, 0.717) is 5.92 Å². The summed E-state index contributed by atoms with van der Waals surface area (Å²) in [6.07, 6.45) is 2.20. The van der Waals surface area contributed by atoms with Gasteiger partial charge in [-0.3, -0.25) is 0 Å². The molecule has 0 aliphatic rings. The fourth-order valence-corrected chi connectivity index (χ4v) is 3.56. The van der Waals surface area contributed by atoms with Gasteiger partial charge in [-0.15, -0.1) is 0 Å². The van der Waals surface area contributed by atoms with Crippen molar-refractivity contribution in [1.29, 1.82) is 0 Å². The Hall–Kier alpha value is -1.24. The third-order valence-corrected chi connectivity index (χ3v) is 3.66. The molecule has 0 saturated heterocycles. The van der Waals surface area contributed by atoms with Crippen molar-refractivity contribution in [1.82, 2.24) is 4.98 Å². The molecule has 0 aliphatic heterocycles. The van der Waals surface area contributed by atoms with Gasteiger partial charge in [0.1, 0.15) is 0 Å². The quantitative estimate of drug-likeness (QED) is 0.695. The summed E-state index contributed by atoms with van der Waals surface area (Å²) >= 11 is 0. The number of aromatic amines is 1. The van der Waals surface area contributed by atoms with E-state index < -0.39 is 0 Å². The molecular formula is C17H25N. The fraction of sp³-hybridized carbons (Fsp3) is 0.529. The zero-order valence-corrected chi connectivity index (χ0v) is 12.5. The zero-order valence-electron chi connectivity index (χ0n) is 12.5. The van der Waals surface area contributed by atoms with Gasteiger partial charge in [0.05, 0.1) is 0 Å². The Bertz CT molecular complexity index is 520. The lowest BCUT2D eigenvalue weighted by molar-refractivity contribution is 0.177. The minimum absolute atomic E-state index is 0.253. The molecule has 1 aromatic heterocycles. The second kappa shape index (κ2) is 4.15. The minimum atomic E-state index is 0.253. The predicted octanol–water partition coefficient (Wildman–Crippen LogP) is 5.34. The molecule has 1 heterocycles. The van der Waals surface area contributed by atoms with Gasteiger partial charge in [0.2, 0.25) is 0 Å². The molecular weight excluding hydrogens is 218 g/mol. The average molecular weight is 243 g/mol. The van der Waals surface area contributed by atoms with Crippen LogP contribution >= 0.6 is 0 Å². The van der Waals surface area contributed by atoms with Crippen molar-refractivity contribution in [3.63, 3.8) is 0 Å². The Morgan fingerprint density at radius 3 is 2.00 bits per heavy atom. The van der Waals surface area contributed by atoms with E-state index in [1.165, 1.54) is 16.5 Å². The SMILES string of the molecule is CC(C)(C)C(c1c[nH]c2ccccc12)C(C)(C)C. The maximum Gasteiger partial charge on any atom is 0.0456 e. The lowest BCUT2D eigenvalue weighted by atomic mass is 9.63. The maximum absolute atomic E-state index is 3.41. The van der Waals surface area contributed by atoms with Crippen molar-refractivity contribution in [2.75, 3.05) is 0 Å². The molecule has 0 bridgehead atoms. The second-order valence-corrected chi connectivity index (χ2v) is 7.45. The molecule has 1 heteroatoms. The van der Waals surface area contributed by atoms with Crippen LogP contribution in [0.4, 0.5) is 0 Å². The number of H-pyrrole nitrogens is 1. The standard InChI is InChI=1S/C17H25N/c1-16(2,3)15(17(4,5)6)13-11-18-14-10-8-7-9-12(13)14/h7-11,15,18H,1-6H3. The molecule has 98 valence electrons. The number of benzene rings is 1. The molecule has 1 N–H and O–H groups in total. The van der Waals surface area contributed by atoms with Gasteiger partial charge in [-0.2, -0.15) is 0 Å². The first kappa shape index (κ1) is 13.2. The van der Waals surface area contributed by atoms with Crippen molar-refractivity contribution in [2.24, 2.45) is 10.8 Å². The Balaban J connectivity index is 2.63. The van der Waals surface area contributed by atoms with Gasteiger partial charge in [-0.1, -0.05) is 59.7 Å². The summed E-state index contributed by atoms with van der Waals surface area (Å²) in [5.74, 6) is 0.529. The third-order valence-electron chi connectivity index (χ3n) is 3.66. The van der Waals surface area contributed by atoms with Crippen LogP contribution in [0.25, 0.3) is 10.9 Å². The van der Waals surface area contributed by atoms with E-state index >= 15 is 0 Å². The molecule has 0 fully saturated rings. The summed E-state index contributed by atoms with van der Waals surface area (Å²) in [4.78, 5) is 3.41. The van der Waals surface area contributed by atoms with E-state index in [9.17, 15) is 0 Å². The topological polar surface area (TPSA) is 15.8 Å². The molecule has 2 aromatic rings. The zero-order chi connectivity index (χ0) is 13.6. The van der Waals surface area contributed by atoms with E-state index in [0.717, 1.165) is 0 Å². The average Bonchev–Trinajstić information content (AvgIpc) is 2.58. The summed E-state index contributed by atoms with van der Waals surface area (Å²) in [7, 11) is 0. The van der Waals surface area contributed by atoms with Crippen LogP contribution < -0.4 is 0 Å². The van der Waals surface area contributed by atoms with Crippen LogP contribution in [-0.2, 0) is 0 Å². The van der Waals surface area contributed by atoms with Crippen molar-refractivity contribution in [2.45, 2.75) is 47.5 Å². The second-order valence-electron chi connectivity index (χ2n) is 7.45. The Labute approximate surface area is 111 Å². The maximum atomic E-state index is 3.41. The molecule has 0 unspecified atom stereocenters. The van der Waals surface area contributed by atoms with Crippen LogP contribution in [0.5, 0.6) is 0 Å². The van der Waals surface area contributed by atoms with Crippen LogP contribution in [0.2, 0.25) is 0 Å². The van der Waals surface area contributed by atoms with E-state index in [1.54, 1.807) is 0 Å². The number of rotatable bonds is 1. The van der Waals surface area contributed by atoms with Gasteiger partial charge >= 0.3 is 0 Å². The lowest BCUT2D eigenvalue weighted by Crippen LogP contribution is -2.30. The molecule has 0 atom stereocenters. The molecule has 1 nitrogen and oxygen atoms in total. The number of para-hydroxylation sites is 1. The highest BCUT2D eigenvalue weighted by Crippen LogP contribution is 2.49. The largest absolute Gasteiger partial charge is 0.361 e. The van der Waals surface area contributed by atoms with Crippen molar-refractivity contribution < 1.29 is 0 Å². The monoisotopic (exact) mass is 243 g/mol. The van der Waals surface area contributed by atoms with Crippen LogP contribution in [0.1, 0.15) is 53.0 Å². The molecule has 18 heavy (non-hydrogen) atoms. The Morgan fingerprint density at radius 1 is 0.889 bits per heavy atom. The van der Waals surface area contributed by atoms with Gasteiger partial charge in [0.25, 0.3) is 0 Å². The van der Waals surface area contributed by atoms with Crippen molar-refractivity contribution in [3.05, 3.63) is 36.0 Å². The third kappa shape index (κ3) is 2.31. The fourth-order valence-electron chi connectivity index (χ4n) is 3.56. The van der Waals surface area contributed by atoms with Crippen molar-refractivity contribution >= 4 is 10.9 Å². The van der Waals surface area contributed by atoms with E-state index in [1.807, 2.05) is 0 Å². The highest BCUT2D eigenvalue weighted by atomic mass is 14.7. The molecule has 2 rings (SSSR count). The highest BCUT2D eigenvalue weighted by molar-refractivity contribution is 5.83. The summed E-state index contributed by atoms with van der Waals surface area (Å²) < 4.78 is 0. The number of aromatic nitrogens is 1. The summed E-state index contributed by atoms with van der Waals surface area (Å²) in [5.41, 5.74) is 3.20. The lowest BCUT2D eigenvalue weighted by Gasteiger charge is -2.41. The first-order valence-corrected chi connectivity index (χ1v) is 6.77. The predicted molar refractivity (Wildman–Crippen MR) is 79.9 cm³/mol. The normalized spacial score (nSPS) is 13.5. The number of fused-ring (bicyclic) bond motifs is 1. The Morgan fingerprint density at radius 2 is 1.44 bits per heavy atom. The smallest absolute Gasteiger partial charge is 0.0456 e. The molecule has 0 saturated carbocycles. The summed E-state index contributed by atoms with van der Waals surface area (Å²) in [6, 6.07) is 8.60. The summed E-state index contributed by atoms with van der Waals surface area (Å²) in [5, 5.41) is 1.37. The molecule has 1 aromatic carbocycles. The molecule has 0 amide bonds. The number of nitrogens with one attached hydrogen (secondary N) is 1. The van der Waals surface area contributed by atoms with Crippen molar-refractivity contribution in [3.8, 4) is 0 Å². The summed E-state index contributed by atoms with van der Waals surface area (Å²) in [6.45, 7) is 14.0. The van der Waals surface area contributed by atoms with E-state index in [2.05, 4.69) is 77.0 Å². The van der Waals surface area contributed by atoms with Gasteiger partial charge in [-0.25, -0.2) is 0 Å². The molecule has 0 aliphatic carbocycles. The number of hydrogen-bond acceptors (Lipinski definition) is 0.